The number of benzene rings is 1. The second kappa shape index (κ2) is 6.14. The van der Waals surface area contributed by atoms with Gasteiger partial charge in [0.1, 0.15) is 6.10 Å². The Morgan fingerprint density at radius 1 is 1.32 bits per heavy atom. The second-order valence-electron chi connectivity index (χ2n) is 4.30. The number of carbonyl (C=O) groups excluding carboxylic acids is 1. The number of thioether (sulfide) groups is 1. The first kappa shape index (κ1) is 14.0. The number of fused-ring (bicyclic) bond motifs is 1. The van der Waals surface area contributed by atoms with Crippen LogP contribution in [0.2, 0.25) is 0 Å². The van der Waals surface area contributed by atoms with Crippen molar-refractivity contribution in [3.63, 3.8) is 0 Å². The number of rotatable bonds is 4. The van der Waals surface area contributed by atoms with E-state index >= 15 is 0 Å². The van der Waals surface area contributed by atoms with Crippen molar-refractivity contribution in [2.45, 2.75) is 19.1 Å². The molecule has 19 heavy (non-hydrogen) atoms. The zero-order chi connectivity index (χ0) is 13.8. The summed E-state index contributed by atoms with van der Waals surface area (Å²) in [5.74, 6) is 0.185. The molecule has 1 heterocycles. The summed E-state index contributed by atoms with van der Waals surface area (Å²) in [6.07, 6.45) is 1.46. The Kier molecular flexibility index (Phi) is 4.52. The molecule has 2 atom stereocenters. The Labute approximate surface area is 115 Å². The van der Waals surface area contributed by atoms with Gasteiger partial charge in [0, 0.05) is 30.5 Å². The maximum Gasteiger partial charge on any atom is 0.185 e. The average Bonchev–Trinajstić information content (AvgIpc) is 2.43. The standard InChI is InChI=1S/C14H15NO3S/c1-9(16)19-8-13(17)14(18)11-2-3-12-7-15-5-4-10(12)6-11/h2-7,13-14,17-18H,8H2,1H3. The highest BCUT2D eigenvalue weighted by Crippen LogP contribution is 2.23. The van der Waals surface area contributed by atoms with E-state index in [1.54, 1.807) is 18.5 Å². The predicted octanol–water partition coefficient (Wildman–Crippen LogP) is 1.91. The minimum absolute atomic E-state index is 0.0733. The van der Waals surface area contributed by atoms with Crippen LogP contribution in [0, 0.1) is 0 Å². The molecule has 0 saturated carbocycles. The van der Waals surface area contributed by atoms with Crippen LogP contribution < -0.4 is 0 Å². The zero-order valence-corrected chi connectivity index (χ0v) is 11.3. The lowest BCUT2D eigenvalue weighted by molar-refractivity contribution is -0.109. The van der Waals surface area contributed by atoms with E-state index in [0.717, 1.165) is 22.5 Å². The van der Waals surface area contributed by atoms with E-state index in [4.69, 9.17) is 0 Å². The van der Waals surface area contributed by atoms with Crippen molar-refractivity contribution in [2.75, 3.05) is 5.75 Å². The summed E-state index contributed by atoms with van der Waals surface area (Å²) in [6.45, 7) is 1.44. The SMILES string of the molecule is CC(=O)SCC(O)C(O)c1ccc2cnccc2c1. The first-order chi connectivity index (χ1) is 9.08. The van der Waals surface area contributed by atoms with Gasteiger partial charge >= 0.3 is 0 Å². The molecule has 2 aromatic rings. The van der Waals surface area contributed by atoms with E-state index in [0.29, 0.717) is 5.56 Å². The topological polar surface area (TPSA) is 70.4 Å². The Balaban J connectivity index is 2.16. The number of pyridine rings is 1. The van der Waals surface area contributed by atoms with Crippen molar-refractivity contribution in [3.05, 3.63) is 42.2 Å². The summed E-state index contributed by atoms with van der Waals surface area (Å²) in [6, 6.07) is 7.29. The van der Waals surface area contributed by atoms with Crippen LogP contribution >= 0.6 is 11.8 Å². The van der Waals surface area contributed by atoms with Crippen LogP contribution in [-0.2, 0) is 4.79 Å². The van der Waals surface area contributed by atoms with Gasteiger partial charge in [0.2, 0.25) is 0 Å². The van der Waals surface area contributed by atoms with Gasteiger partial charge in [-0.05, 0) is 23.1 Å². The highest BCUT2D eigenvalue weighted by molar-refractivity contribution is 8.13. The number of aliphatic hydroxyl groups excluding tert-OH is 2. The van der Waals surface area contributed by atoms with Crippen molar-refractivity contribution in [3.8, 4) is 0 Å². The molecular formula is C14H15NO3S. The van der Waals surface area contributed by atoms with Crippen LogP contribution in [0.25, 0.3) is 10.8 Å². The first-order valence-electron chi connectivity index (χ1n) is 5.91. The largest absolute Gasteiger partial charge is 0.389 e. The third-order valence-electron chi connectivity index (χ3n) is 2.83. The quantitative estimate of drug-likeness (QED) is 0.893. The molecule has 0 bridgehead atoms. The summed E-state index contributed by atoms with van der Waals surface area (Å²) in [7, 11) is 0. The number of hydrogen-bond acceptors (Lipinski definition) is 5. The minimum Gasteiger partial charge on any atom is -0.389 e. The summed E-state index contributed by atoms with van der Waals surface area (Å²) in [5, 5.41) is 21.8. The molecule has 0 spiro atoms. The Hall–Kier alpha value is -1.43. The lowest BCUT2D eigenvalue weighted by atomic mass is 10.0. The van der Waals surface area contributed by atoms with Crippen molar-refractivity contribution in [2.24, 2.45) is 0 Å². The van der Waals surface area contributed by atoms with Crippen molar-refractivity contribution in [1.29, 1.82) is 0 Å². The average molecular weight is 277 g/mol. The third kappa shape index (κ3) is 3.53. The Morgan fingerprint density at radius 3 is 2.84 bits per heavy atom. The van der Waals surface area contributed by atoms with Gasteiger partial charge < -0.3 is 10.2 Å². The van der Waals surface area contributed by atoms with Crippen LogP contribution in [0.1, 0.15) is 18.6 Å². The molecule has 0 aliphatic rings. The van der Waals surface area contributed by atoms with Crippen LogP contribution in [0.15, 0.2) is 36.7 Å². The number of aromatic nitrogens is 1. The molecule has 1 aromatic heterocycles. The number of aliphatic hydroxyl groups is 2. The number of carbonyl (C=O) groups is 1. The maximum absolute atomic E-state index is 10.8. The molecule has 100 valence electrons. The van der Waals surface area contributed by atoms with Gasteiger partial charge in [0.15, 0.2) is 5.12 Å². The van der Waals surface area contributed by atoms with Crippen molar-refractivity contribution in [1.82, 2.24) is 4.98 Å². The van der Waals surface area contributed by atoms with E-state index in [2.05, 4.69) is 4.98 Å². The van der Waals surface area contributed by atoms with Crippen LogP contribution in [0.3, 0.4) is 0 Å². The molecule has 5 heteroatoms. The van der Waals surface area contributed by atoms with Gasteiger partial charge in [0.05, 0.1) is 6.10 Å². The summed E-state index contributed by atoms with van der Waals surface area (Å²) in [4.78, 5) is 14.9. The Bertz CT molecular complexity index is 588. The Morgan fingerprint density at radius 2 is 2.11 bits per heavy atom. The summed E-state index contributed by atoms with van der Waals surface area (Å²) in [5.41, 5.74) is 0.635. The van der Waals surface area contributed by atoms with Gasteiger partial charge in [-0.25, -0.2) is 0 Å². The highest BCUT2D eigenvalue weighted by atomic mass is 32.2. The van der Waals surface area contributed by atoms with E-state index in [-0.39, 0.29) is 10.9 Å². The molecule has 2 unspecified atom stereocenters. The van der Waals surface area contributed by atoms with Gasteiger partial charge in [-0.2, -0.15) is 0 Å². The fraction of sp³-hybridized carbons (Fsp3) is 0.286. The van der Waals surface area contributed by atoms with E-state index < -0.39 is 12.2 Å². The zero-order valence-electron chi connectivity index (χ0n) is 10.5. The summed E-state index contributed by atoms with van der Waals surface area (Å²) >= 11 is 1.01. The van der Waals surface area contributed by atoms with E-state index in [1.165, 1.54) is 6.92 Å². The lowest BCUT2D eigenvalue weighted by Crippen LogP contribution is -2.21. The van der Waals surface area contributed by atoms with Crippen LogP contribution in [0.5, 0.6) is 0 Å². The summed E-state index contributed by atoms with van der Waals surface area (Å²) < 4.78 is 0. The van der Waals surface area contributed by atoms with Crippen molar-refractivity contribution < 1.29 is 15.0 Å². The molecular weight excluding hydrogens is 262 g/mol. The number of nitrogens with zero attached hydrogens (tertiary/aromatic N) is 1. The lowest BCUT2D eigenvalue weighted by Gasteiger charge is -2.17. The van der Waals surface area contributed by atoms with E-state index in [1.807, 2.05) is 18.2 Å². The molecule has 2 rings (SSSR count). The normalized spacial score (nSPS) is 14.3. The predicted molar refractivity (Wildman–Crippen MR) is 75.8 cm³/mol. The van der Waals surface area contributed by atoms with E-state index in [9.17, 15) is 15.0 Å². The molecule has 4 nitrogen and oxygen atoms in total. The smallest absolute Gasteiger partial charge is 0.185 e. The van der Waals surface area contributed by atoms with Gasteiger partial charge in [0.25, 0.3) is 0 Å². The second-order valence-corrected chi connectivity index (χ2v) is 5.49. The van der Waals surface area contributed by atoms with Crippen LogP contribution in [0.4, 0.5) is 0 Å². The number of hydrogen-bond donors (Lipinski definition) is 2. The monoisotopic (exact) mass is 277 g/mol. The maximum atomic E-state index is 10.8. The van der Waals surface area contributed by atoms with Gasteiger partial charge in [-0.15, -0.1) is 0 Å². The first-order valence-corrected chi connectivity index (χ1v) is 6.89. The molecule has 0 saturated heterocycles. The third-order valence-corrected chi connectivity index (χ3v) is 3.74. The highest BCUT2D eigenvalue weighted by Gasteiger charge is 2.19. The molecule has 0 aliphatic carbocycles. The molecule has 0 aliphatic heterocycles. The minimum atomic E-state index is -0.996. The fourth-order valence-electron chi connectivity index (χ4n) is 1.80. The molecule has 1 aromatic carbocycles. The van der Waals surface area contributed by atoms with Crippen LogP contribution in [-0.4, -0.2) is 32.2 Å². The van der Waals surface area contributed by atoms with Gasteiger partial charge in [-0.3, -0.25) is 9.78 Å². The molecule has 0 radical (unpaired) electrons. The van der Waals surface area contributed by atoms with Gasteiger partial charge in [-0.1, -0.05) is 23.9 Å². The fourth-order valence-corrected chi connectivity index (χ4v) is 2.39. The molecule has 0 amide bonds. The molecule has 2 N–H and O–H groups in total. The molecule has 0 fully saturated rings. The van der Waals surface area contributed by atoms with Crippen molar-refractivity contribution >= 4 is 27.6 Å².